The number of anilines is 1. The van der Waals surface area contributed by atoms with Gasteiger partial charge < -0.3 is 14.4 Å². The van der Waals surface area contributed by atoms with Gasteiger partial charge in [0.15, 0.2) is 0 Å². The molecule has 0 bridgehead atoms. The van der Waals surface area contributed by atoms with E-state index in [0.717, 1.165) is 57.3 Å². The van der Waals surface area contributed by atoms with E-state index in [2.05, 4.69) is 76.5 Å². The van der Waals surface area contributed by atoms with Gasteiger partial charge in [-0.1, -0.05) is 36.4 Å². The van der Waals surface area contributed by atoms with Crippen molar-refractivity contribution in [3.05, 3.63) is 66.7 Å². The number of hydrogen-bond acceptors (Lipinski definition) is 4. The van der Waals surface area contributed by atoms with Crippen LogP contribution in [0.5, 0.6) is 11.5 Å². The van der Waals surface area contributed by atoms with Gasteiger partial charge in [-0.2, -0.15) is 0 Å². The zero-order chi connectivity index (χ0) is 19.9. The third-order valence-corrected chi connectivity index (χ3v) is 5.51. The summed E-state index contributed by atoms with van der Waals surface area (Å²) in [5, 5.41) is 2.43. The largest absolute Gasteiger partial charge is 0.494 e. The van der Waals surface area contributed by atoms with Crippen LogP contribution in [-0.2, 0) is 0 Å². The molecule has 0 spiro atoms. The second-order valence-electron chi connectivity index (χ2n) is 7.43. The first-order valence-corrected chi connectivity index (χ1v) is 10.6. The Balaban J connectivity index is 1.20. The van der Waals surface area contributed by atoms with E-state index in [4.69, 9.17) is 9.47 Å². The highest BCUT2D eigenvalue weighted by Gasteiger charge is 2.17. The van der Waals surface area contributed by atoms with E-state index in [1.807, 2.05) is 6.92 Å². The predicted molar refractivity (Wildman–Crippen MR) is 120 cm³/mol. The molecule has 152 valence electrons. The van der Waals surface area contributed by atoms with E-state index in [1.165, 1.54) is 16.5 Å². The molecule has 0 aliphatic carbocycles. The minimum atomic E-state index is 0.711. The van der Waals surface area contributed by atoms with E-state index in [0.29, 0.717) is 6.61 Å². The van der Waals surface area contributed by atoms with Crippen LogP contribution in [0.15, 0.2) is 66.7 Å². The van der Waals surface area contributed by atoms with Gasteiger partial charge >= 0.3 is 0 Å². The normalized spacial score (nSPS) is 14.9. The molecule has 4 nitrogen and oxygen atoms in total. The number of hydrogen-bond donors (Lipinski definition) is 0. The molecule has 4 heteroatoms. The quantitative estimate of drug-likeness (QED) is 0.515. The topological polar surface area (TPSA) is 24.9 Å². The fraction of sp³-hybridized carbons (Fsp3) is 0.360. The molecular formula is C25H30N2O2. The lowest BCUT2D eigenvalue weighted by molar-refractivity contribution is 0.225. The summed E-state index contributed by atoms with van der Waals surface area (Å²) in [6, 6.07) is 23.1. The standard InChI is InChI=1S/C25H30N2O2/c1-2-28-23-13-11-22(12-14-23)27-18-16-26(17-19-27)15-6-20-29-25-10-5-8-21-7-3-4-9-24(21)25/h3-5,7-14H,2,6,15-20H2,1H3. The molecule has 1 heterocycles. The van der Waals surface area contributed by atoms with Crippen LogP contribution in [0, 0.1) is 0 Å². The number of ether oxygens (including phenoxy) is 2. The van der Waals surface area contributed by atoms with E-state index in [-0.39, 0.29) is 0 Å². The Morgan fingerprint density at radius 2 is 1.55 bits per heavy atom. The van der Waals surface area contributed by atoms with Crippen LogP contribution in [-0.4, -0.2) is 50.8 Å². The van der Waals surface area contributed by atoms with Crippen molar-refractivity contribution < 1.29 is 9.47 Å². The van der Waals surface area contributed by atoms with Gasteiger partial charge in [-0.3, -0.25) is 4.90 Å². The van der Waals surface area contributed by atoms with Crippen LogP contribution in [0.2, 0.25) is 0 Å². The van der Waals surface area contributed by atoms with Gasteiger partial charge in [0.1, 0.15) is 11.5 Å². The molecule has 0 aromatic heterocycles. The monoisotopic (exact) mass is 390 g/mol. The Morgan fingerprint density at radius 3 is 2.34 bits per heavy atom. The van der Waals surface area contributed by atoms with E-state index >= 15 is 0 Å². The number of fused-ring (bicyclic) bond motifs is 1. The molecule has 1 fully saturated rings. The fourth-order valence-electron chi connectivity index (χ4n) is 3.94. The Bertz CT molecular complexity index is 897. The van der Waals surface area contributed by atoms with Crippen LogP contribution >= 0.6 is 0 Å². The van der Waals surface area contributed by atoms with E-state index in [1.54, 1.807) is 0 Å². The maximum atomic E-state index is 6.08. The smallest absolute Gasteiger partial charge is 0.127 e. The second-order valence-corrected chi connectivity index (χ2v) is 7.43. The molecule has 0 radical (unpaired) electrons. The molecule has 0 amide bonds. The molecule has 1 saturated heterocycles. The van der Waals surface area contributed by atoms with Gasteiger partial charge in [0, 0.05) is 43.8 Å². The molecule has 4 rings (SSSR count). The lowest BCUT2D eigenvalue weighted by Gasteiger charge is -2.36. The van der Waals surface area contributed by atoms with Crippen LogP contribution < -0.4 is 14.4 Å². The van der Waals surface area contributed by atoms with Crippen molar-refractivity contribution in [2.45, 2.75) is 13.3 Å². The van der Waals surface area contributed by atoms with Crippen molar-refractivity contribution in [1.82, 2.24) is 4.90 Å². The summed E-state index contributed by atoms with van der Waals surface area (Å²) in [7, 11) is 0. The Morgan fingerprint density at radius 1 is 0.793 bits per heavy atom. The van der Waals surface area contributed by atoms with Crippen LogP contribution in [0.4, 0.5) is 5.69 Å². The van der Waals surface area contributed by atoms with Crippen LogP contribution in [0.3, 0.4) is 0 Å². The minimum Gasteiger partial charge on any atom is -0.494 e. The van der Waals surface area contributed by atoms with Gasteiger partial charge in [0.25, 0.3) is 0 Å². The third-order valence-electron chi connectivity index (χ3n) is 5.51. The predicted octanol–water partition coefficient (Wildman–Crippen LogP) is 4.83. The Labute approximate surface area is 173 Å². The summed E-state index contributed by atoms with van der Waals surface area (Å²) in [6.45, 7) is 8.90. The molecular weight excluding hydrogens is 360 g/mol. The van der Waals surface area contributed by atoms with E-state index in [9.17, 15) is 0 Å². The Hall–Kier alpha value is -2.72. The molecule has 29 heavy (non-hydrogen) atoms. The first-order valence-electron chi connectivity index (χ1n) is 10.6. The molecule has 0 N–H and O–H groups in total. The molecule has 3 aromatic carbocycles. The third kappa shape index (κ3) is 5.01. The first-order chi connectivity index (χ1) is 14.3. The lowest BCUT2D eigenvalue weighted by atomic mass is 10.1. The number of piperazine rings is 1. The van der Waals surface area contributed by atoms with Crippen molar-refractivity contribution >= 4 is 16.5 Å². The summed E-state index contributed by atoms with van der Waals surface area (Å²) in [6.07, 6.45) is 1.05. The zero-order valence-electron chi connectivity index (χ0n) is 17.2. The molecule has 1 aliphatic rings. The van der Waals surface area contributed by atoms with Crippen molar-refractivity contribution in [2.75, 3.05) is 50.8 Å². The number of nitrogens with zero attached hydrogens (tertiary/aromatic N) is 2. The minimum absolute atomic E-state index is 0.711. The summed E-state index contributed by atoms with van der Waals surface area (Å²) in [4.78, 5) is 5.00. The maximum absolute atomic E-state index is 6.08. The molecule has 0 atom stereocenters. The summed E-state index contributed by atoms with van der Waals surface area (Å²) >= 11 is 0. The number of rotatable bonds is 8. The highest BCUT2D eigenvalue weighted by Crippen LogP contribution is 2.25. The second kappa shape index (κ2) is 9.66. The van der Waals surface area contributed by atoms with E-state index < -0.39 is 0 Å². The summed E-state index contributed by atoms with van der Waals surface area (Å²) < 4.78 is 11.6. The van der Waals surface area contributed by atoms with Crippen molar-refractivity contribution in [1.29, 1.82) is 0 Å². The van der Waals surface area contributed by atoms with Gasteiger partial charge in [-0.05, 0) is 49.1 Å². The molecule has 1 aliphatic heterocycles. The molecule has 3 aromatic rings. The lowest BCUT2D eigenvalue weighted by Crippen LogP contribution is -2.46. The summed E-state index contributed by atoms with van der Waals surface area (Å²) in [5.41, 5.74) is 1.28. The highest BCUT2D eigenvalue weighted by atomic mass is 16.5. The van der Waals surface area contributed by atoms with Gasteiger partial charge in [0.05, 0.1) is 13.2 Å². The molecule has 0 saturated carbocycles. The van der Waals surface area contributed by atoms with Crippen molar-refractivity contribution in [3.8, 4) is 11.5 Å². The highest BCUT2D eigenvalue weighted by molar-refractivity contribution is 5.88. The van der Waals surface area contributed by atoms with Gasteiger partial charge in [-0.25, -0.2) is 0 Å². The SMILES string of the molecule is CCOc1ccc(N2CCN(CCCOc3cccc4ccccc34)CC2)cc1. The first kappa shape index (κ1) is 19.6. The maximum Gasteiger partial charge on any atom is 0.127 e. The zero-order valence-corrected chi connectivity index (χ0v) is 17.2. The number of benzene rings is 3. The average Bonchev–Trinajstić information content (AvgIpc) is 2.78. The average molecular weight is 391 g/mol. The van der Waals surface area contributed by atoms with Gasteiger partial charge in [0.2, 0.25) is 0 Å². The summed E-state index contributed by atoms with van der Waals surface area (Å²) in [5.74, 6) is 1.93. The van der Waals surface area contributed by atoms with Crippen LogP contribution in [0.1, 0.15) is 13.3 Å². The van der Waals surface area contributed by atoms with Crippen molar-refractivity contribution in [2.24, 2.45) is 0 Å². The Kier molecular flexibility index (Phi) is 6.52. The van der Waals surface area contributed by atoms with Crippen molar-refractivity contribution in [3.63, 3.8) is 0 Å². The molecule has 0 unspecified atom stereocenters. The van der Waals surface area contributed by atoms with Crippen LogP contribution in [0.25, 0.3) is 10.8 Å². The van der Waals surface area contributed by atoms with Gasteiger partial charge in [-0.15, -0.1) is 0 Å². The fourth-order valence-corrected chi connectivity index (χ4v) is 3.94.